The van der Waals surface area contributed by atoms with Crippen LogP contribution < -0.4 is 21.7 Å². The number of urea groups is 1. The average molecular weight is 427 g/mol. The van der Waals surface area contributed by atoms with Crippen LogP contribution in [-0.2, 0) is 9.53 Å². The van der Waals surface area contributed by atoms with E-state index in [-0.39, 0.29) is 12.5 Å². The van der Waals surface area contributed by atoms with E-state index in [9.17, 15) is 14.4 Å². The third kappa shape index (κ3) is 8.10. The van der Waals surface area contributed by atoms with Gasteiger partial charge >= 0.3 is 12.0 Å². The van der Waals surface area contributed by atoms with E-state index in [0.717, 1.165) is 12.0 Å². The number of unbranched alkanes of at least 4 members (excludes halogenated alkanes) is 1. The Morgan fingerprint density at radius 2 is 1.55 bits per heavy atom. The zero-order chi connectivity index (χ0) is 22.6. The minimum atomic E-state index is -0.716. The summed E-state index contributed by atoms with van der Waals surface area (Å²) in [5, 5.41) is 8.23. The van der Waals surface area contributed by atoms with Gasteiger partial charge in [0.1, 0.15) is 6.04 Å². The van der Waals surface area contributed by atoms with Gasteiger partial charge in [-0.05, 0) is 76.1 Å². The van der Waals surface area contributed by atoms with Gasteiger partial charge in [-0.3, -0.25) is 4.79 Å². The molecule has 0 aliphatic heterocycles. The maximum atomic E-state index is 12.7. The number of aryl methyl sites for hydroxylation is 1. The van der Waals surface area contributed by atoms with Crippen LogP contribution in [0.25, 0.3) is 0 Å². The molecule has 2 aromatic carbocycles. The van der Waals surface area contributed by atoms with Crippen LogP contribution in [0, 0.1) is 6.92 Å². The molecule has 0 saturated carbocycles. The summed E-state index contributed by atoms with van der Waals surface area (Å²) in [6.07, 6.45) is 1.92. The van der Waals surface area contributed by atoms with Crippen molar-refractivity contribution in [2.24, 2.45) is 5.73 Å². The van der Waals surface area contributed by atoms with Crippen LogP contribution in [0.4, 0.5) is 16.2 Å². The van der Waals surface area contributed by atoms with Crippen LogP contribution in [0.2, 0.25) is 0 Å². The van der Waals surface area contributed by atoms with E-state index in [0.29, 0.717) is 36.3 Å². The van der Waals surface area contributed by atoms with Gasteiger partial charge in [0.25, 0.3) is 0 Å². The van der Waals surface area contributed by atoms with Gasteiger partial charge in [0.05, 0.1) is 12.2 Å². The number of hydrogen-bond acceptors (Lipinski definition) is 5. The molecule has 0 aromatic heterocycles. The second-order valence-electron chi connectivity index (χ2n) is 7.09. The Hall–Kier alpha value is -3.39. The molecule has 0 aliphatic carbocycles. The lowest BCUT2D eigenvalue weighted by molar-refractivity contribution is -0.118. The maximum Gasteiger partial charge on any atom is 0.338 e. The zero-order valence-electron chi connectivity index (χ0n) is 17.9. The molecule has 166 valence electrons. The molecule has 5 N–H and O–H groups in total. The number of nitrogens with one attached hydrogen (secondary N) is 3. The normalized spacial score (nSPS) is 11.3. The molecule has 0 unspecified atom stereocenters. The topological polar surface area (TPSA) is 123 Å². The smallest absolute Gasteiger partial charge is 0.338 e. The van der Waals surface area contributed by atoms with Gasteiger partial charge in [-0.15, -0.1) is 0 Å². The van der Waals surface area contributed by atoms with E-state index >= 15 is 0 Å². The van der Waals surface area contributed by atoms with Gasteiger partial charge in [-0.2, -0.15) is 0 Å². The van der Waals surface area contributed by atoms with Gasteiger partial charge in [0.2, 0.25) is 5.91 Å². The molecule has 0 saturated heterocycles. The molecule has 0 heterocycles. The molecule has 0 spiro atoms. The Morgan fingerprint density at radius 3 is 2.16 bits per heavy atom. The van der Waals surface area contributed by atoms with Crippen LogP contribution >= 0.6 is 0 Å². The molecule has 2 rings (SSSR count). The third-order valence-corrected chi connectivity index (χ3v) is 4.54. The van der Waals surface area contributed by atoms with Gasteiger partial charge in [0, 0.05) is 11.4 Å². The molecule has 0 aliphatic rings. The zero-order valence-corrected chi connectivity index (χ0v) is 17.9. The Balaban J connectivity index is 1.98. The summed E-state index contributed by atoms with van der Waals surface area (Å²) in [6, 6.07) is 12.5. The lowest BCUT2D eigenvalue weighted by Crippen LogP contribution is -2.45. The highest BCUT2D eigenvalue weighted by Gasteiger charge is 2.21. The second kappa shape index (κ2) is 12.3. The van der Waals surface area contributed by atoms with Crippen molar-refractivity contribution in [2.45, 2.75) is 39.2 Å². The first kappa shape index (κ1) is 23.9. The Bertz CT molecular complexity index is 866. The highest BCUT2D eigenvalue weighted by molar-refractivity contribution is 5.99. The summed E-state index contributed by atoms with van der Waals surface area (Å²) in [5.41, 5.74) is 8.19. The summed E-state index contributed by atoms with van der Waals surface area (Å²) >= 11 is 0. The molecule has 31 heavy (non-hydrogen) atoms. The number of carbonyl (C=O) groups excluding carboxylic acids is 3. The number of benzene rings is 2. The highest BCUT2D eigenvalue weighted by Crippen LogP contribution is 2.13. The van der Waals surface area contributed by atoms with Crippen molar-refractivity contribution in [2.75, 3.05) is 23.8 Å². The van der Waals surface area contributed by atoms with Crippen LogP contribution in [-0.4, -0.2) is 37.1 Å². The van der Waals surface area contributed by atoms with Crippen molar-refractivity contribution in [3.63, 3.8) is 0 Å². The fourth-order valence-electron chi connectivity index (χ4n) is 2.86. The first-order valence-electron chi connectivity index (χ1n) is 10.3. The summed E-state index contributed by atoms with van der Waals surface area (Å²) in [5.74, 6) is -0.722. The fourth-order valence-corrected chi connectivity index (χ4v) is 2.86. The third-order valence-electron chi connectivity index (χ3n) is 4.54. The number of carbonyl (C=O) groups is 3. The monoisotopic (exact) mass is 426 g/mol. The van der Waals surface area contributed by atoms with Crippen LogP contribution in [0.3, 0.4) is 0 Å². The van der Waals surface area contributed by atoms with Crippen LogP contribution in [0.5, 0.6) is 0 Å². The van der Waals surface area contributed by atoms with E-state index in [1.165, 1.54) is 0 Å². The number of nitrogens with two attached hydrogens (primary N) is 1. The first-order chi connectivity index (χ1) is 14.9. The van der Waals surface area contributed by atoms with Crippen molar-refractivity contribution in [3.8, 4) is 0 Å². The van der Waals surface area contributed by atoms with Crippen molar-refractivity contribution >= 4 is 29.3 Å². The number of anilines is 2. The second-order valence-corrected chi connectivity index (χ2v) is 7.09. The van der Waals surface area contributed by atoms with Crippen molar-refractivity contribution in [1.29, 1.82) is 0 Å². The summed E-state index contributed by atoms with van der Waals surface area (Å²) in [4.78, 5) is 36.9. The summed E-state index contributed by atoms with van der Waals surface area (Å²) < 4.78 is 4.94. The van der Waals surface area contributed by atoms with E-state index < -0.39 is 18.0 Å². The SMILES string of the molecule is CCOC(=O)c1ccc(NC(=O)N[C@@H](CCCCN)C(=O)Nc2ccc(C)cc2)cc1. The van der Waals surface area contributed by atoms with E-state index in [4.69, 9.17) is 10.5 Å². The maximum absolute atomic E-state index is 12.7. The molecule has 2 aromatic rings. The number of esters is 1. The molecule has 3 amide bonds. The molecule has 0 fully saturated rings. The minimum absolute atomic E-state index is 0.289. The number of rotatable bonds is 10. The number of hydrogen-bond donors (Lipinski definition) is 4. The van der Waals surface area contributed by atoms with Crippen LogP contribution in [0.1, 0.15) is 42.1 Å². The first-order valence-corrected chi connectivity index (χ1v) is 10.3. The lowest BCUT2D eigenvalue weighted by Gasteiger charge is -2.19. The fraction of sp³-hybridized carbons (Fsp3) is 0.348. The molecule has 8 nitrogen and oxygen atoms in total. The van der Waals surface area contributed by atoms with Crippen molar-refractivity contribution in [1.82, 2.24) is 5.32 Å². The lowest BCUT2D eigenvalue weighted by atomic mass is 10.1. The van der Waals surface area contributed by atoms with Crippen molar-refractivity contribution in [3.05, 3.63) is 59.7 Å². The predicted molar refractivity (Wildman–Crippen MR) is 121 cm³/mol. The Kier molecular flexibility index (Phi) is 9.51. The number of ether oxygens (including phenoxy) is 1. The average Bonchev–Trinajstić information content (AvgIpc) is 2.75. The summed E-state index contributed by atoms with van der Waals surface area (Å²) in [7, 11) is 0. The van der Waals surface area contributed by atoms with E-state index in [2.05, 4.69) is 16.0 Å². The molecular weight excluding hydrogens is 396 g/mol. The van der Waals surface area contributed by atoms with Gasteiger partial charge < -0.3 is 26.4 Å². The van der Waals surface area contributed by atoms with Crippen molar-refractivity contribution < 1.29 is 19.1 Å². The molecule has 0 radical (unpaired) electrons. The van der Waals surface area contributed by atoms with Gasteiger partial charge in [0.15, 0.2) is 0 Å². The van der Waals surface area contributed by atoms with E-state index in [1.807, 2.05) is 31.2 Å². The summed E-state index contributed by atoms with van der Waals surface area (Å²) in [6.45, 7) is 4.51. The standard InChI is InChI=1S/C23H30N4O4/c1-3-31-22(29)17-9-13-19(14-10-17)26-23(30)27-20(6-4-5-15-24)21(28)25-18-11-7-16(2)8-12-18/h7-14,20H,3-6,15,24H2,1-2H3,(H,25,28)(H2,26,27,30)/t20-/m0/s1. The molecule has 1 atom stereocenters. The molecule has 0 bridgehead atoms. The van der Waals surface area contributed by atoms with E-state index in [1.54, 1.807) is 31.2 Å². The highest BCUT2D eigenvalue weighted by atomic mass is 16.5. The van der Waals surface area contributed by atoms with Gasteiger partial charge in [-0.1, -0.05) is 17.7 Å². The Morgan fingerprint density at radius 1 is 0.935 bits per heavy atom. The van der Waals surface area contributed by atoms with Gasteiger partial charge in [-0.25, -0.2) is 9.59 Å². The quantitative estimate of drug-likeness (QED) is 0.342. The largest absolute Gasteiger partial charge is 0.462 e. The number of amides is 3. The minimum Gasteiger partial charge on any atom is -0.462 e. The molecular formula is C23H30N4O4. The molecule has 8 heteroatoms. The van der Waals surface area contributed by atoms with Crippen LogP contribution in [0.15, 0.2) is 48.5 Å². The predicted octanol–water partition coefficient (Wildman–Crippen LogP) is 3.43. The Labute approximate surface area is 182 Å².